The van der Waals surface area contributed by atoms with Gasteiger partial charge in [-0.2, -0.15) is 0 Å². The Balaban J connectivity index is 2.37. The Labute approximate surface area is 91.8 Å². The van der Waals surface area contributed by atoms with Gasteiger partial charge in [0.15, 0.2) is 5.69 Å². The molecule has 0 fully saturated rings. The first-order valence-corrected chi connectivity index (χ1v) is 4.67. The maximum Gasteiger partial charge on any atom is 0.358 e. The molecular formula is C9H12N4O3. The van der Waals surface area contributed by atoms with E-state index in [9.17, 15) is 9.59 Å². The van der Waals surface area contributed by atoms with Gasteiger partial charge in [-0.15, -0.1) is 5.10 Å². The van der Waals surface area contributed by atoms with Crippen LogP contribution in [-0.4, -0.2) is 38.5 Å². The lowest BCUT2D eigenvalue weighted by Crippen LogP contribution is -2.25. The van der Waals surface area contributed by atoms with Gasteiger partial charge < -0.3 is 10.4 Å². The second kappa shape index (κ2) is 5.64. The molecule has 0 aliphatic heterocycles. The van der Waals surface area contributed by atoms with Gasteiger partial charge >= 0.3 is 5.97 Å². The molecule has 0 atom stereocenters. The molecule has 1 rings (SSSR count). The fraction of sp³-hybridized carbons (Fsp3) is 0.333. The van der Waals surface area contributed by atoms with Gasteiger partial charge in [-0.1, -0.05) is 11.3 Å². The summed E-state index contributed by atoms with van der Waals surface area (Å²) in [4.78, 5) is 21.5. The number of nitrogens with one attached hydrogen (secondary N) is 1. The molecule has 0 spiro atoms. The van der Waals surface area contributed by atoms with Crippen LogP contribution in [0.25, 0.3) is 0 Å². The van der Waals surface area contributed by atoms with E-state index in [-0.39, 0.29) is 11.6 Å². The lowest BCUT2D eigenvalue weighted by atomic mass is 10.4. The van der Waals surface area contributed by atoms with E-state index in [1.807, 2.05) is 0 Å². The van der Waals surface area contributed by atoms with E-state index in [1.165, 1.54) is 17.0 Å². The van der Waals surface area contributed by atoms with Crippen molar-refractivity contribution in [1.82, 2.24) is 20.3 Å². The first kappa shape index (κ1) is 11.9. The standard InChI is InChI=1S/C9H12N4O3/c1-2-3-8(14)10-4-5-13-6-7(9(15)16)11-12-13/h2-3,6H,4-5H2,1H3,(H,10,14)(H,15,16). The monoisotopic (exact) mass is 224 g/mol. The number of nitrogens with zero attached hydrogens (tertiary/aromatic N) is 3. The molecule has 0 saturated carbocycles. The Bertz CT molecular complexity index is 411. The van der Waals surface area contributed by atoms with Crippen LogP contribution in [0.15, 0.2) is 18.3 Å². The number of carboxylic acid groups (broad SMARTS) is 1. The molecule has 1 aromatic rings. The number of carbonyl (C=O) groups is 2. The third-order valence-corrected chi connectivity index (χ3v) is 1.72. The van der Waals surface area contributed by atoms with Crippen molar-refractivity contribution in [3.05, 3.63) is 24.0 Å². The number of rotatable bonds is 5. The number of aromatic nitrogens is 3. The smallest absolute Gasteiger partial charge is 0.358 e. The largest absolute Gasteiger partial charge is 0.476 e. The van der Waals surface area contributed by atoms with Crippen LogP contribution in [0.5, 0.6) is 0 Å². The normalized spacial score (nSPS) is 10.6. The molecule has 2 N–H and O–H groups in total. The van der Waals surface area contributed by atoms with Crippen LogP contribution in [0.4, 0.5) is 0 Å². The Morgan fingerprint density at radius 2 is 2.38 bits per heavy atom. The van der Waals surface area contributed by atoms with E-state index in [4.69, 9.17) is 5.11 Å². The molecule has 1 amide bonds. The van der Waals surface area contributed by atoms with E-state index >= 15 is 0 Å². The minimum atomic E-state index is -1.12. The van der Waals surface area contributed by atoms with Crippen LogP contribution in [-0.2, 0) is 11.3 Å². The van der Waals surface area contributed by atoms with Crippen molar-refractivity contribution in [3.8, 4) is 0 Å². The quantitative estimate of drug-likeness (QED) is 0.667. The Kier molecular flexibility index (Phi) is 4.19. The predicted octanol–water partition coefficient (Wildman–Crippen LogP) is -0.331. The van der Waals surface area contributed by atoms with E-state index in [0.717, 1.165) is 0 Å². The average Bonchev–Trinajstić information content (AvgIpc) is 2.67. The second-order valence-corrected chi connectivity index (χ2v) is 2.96. The molecular weight excluding hydrogens is 212 g/mol. The second-order valence-electron chi connectivity index (χ2n) is 2.96. The maximum absolute atomic E-state index is 11.0. The van der Waals surface area contributed by atoms with Gasteiger partial charge in [-0.05, 0) is 13.0 Å². The molecule has 0 aromatic carbocycles. The van der Waals surface area contributed by atoms with Crippen molar-refractivity contribution < 1.29 is 14.7 Å². The van der Waals surface area contributed by atoms with Gasteiger partial charge in [0.1, 0.15) is 0 Å². The van der Waals surface area contributed by atoms with E-state index in [0.29, 0.717) is 13.1 Å². The van der Waals surface area contributed by atoms with Crippen molar-refractivity contribution in [1.29, 1.82) is 0 Å². The zero-order valence-corrected chi connectivity index (χ0v) is 8.75. The molecule has 0 aliphatic carbocycles. The molecule has 0 radical (unpaired) electrons. The third kappa shape index (κ3) is 3.52. The van der Waals surface area contributed by atoms with E-state index in [2.05, 4.69) is 15.6 Å². The van der Waals surface area contributed by atoms with Crippen molar-refractivity contribution >= 4 is 11.9 Å². The highest BCUT2D eigenvalue weighted by molar-refractivity contribution is 5.87. The molecule has 86 valence electrons. The summed E-state index contributed by atoms with van der Waals surface area (Å²) in [6.07, 6.45) is 4.35. The van der Waals surface area contributed by atoms with Gasteiger partial charge in [0.2, 0.25) is 5.91 Å². The number of hydrogen-bond acceptors (Lipinski definition) is 4. The first-order chi connectivity index (χ1) is 7.63. The van der Waals surface area contributed by atoms with Crippen molar-refractivity contribution in [2.24, 2.45) is 0 Å². The number of amides is 1. The number of allylic oxidation sites excluding steroid dienone is 1. The highest BCUT2D eigenvalue weighted by Crippen LogP contribution is 1.91. The summed E-state index contributed by atoms with van der Waals surface area (Å²) in [6, 6.07) is 0. The lowest BCUT2D eigenvalue weighted by molar-refractivity contribution is -0.116. The van der Waals surface area contributed by atoms with Crippen LogP contribution in [0.2, 0.25) is 0 Å². The van der Waals surface area contributed by atoms with Crippen LogP contribution in [0.3, 0.4) is 0 Å². The number of carboxylic acids is 1. The zero-order chi connectivity index (χ0) is 12.0. The highest BCUT2D eigenvalue weighted by Gasteiger charge is 2.07. The lowest BCUT2D eigenvalue weighted by Gasteiger charge is -2.00. The molecule has 0 bridgehead atoms. The molecule has 0 aliphatic rings. The zero-order valence-electron chi connectivity index (χ0n) is 8.75. The summed E-state index contributed by atoms with van der Waals surface area (Å²) in [5.41, 5.74) is -0.111. The van der Waals surface area contributed by atoms with E-state index < -0.39 is 5.97 Å². The fourth-order valence-electron chi connectivity index (χ4n) is 1.01. The molecule has 0 saturated heterocycles. The average molecular weight is 224 g/mol. The minimum Gasteiger partial charge on any atom is -0.476 e. The summed E-state index contributed by atoms with van der Waals surface area (Å²) < 4.78 is 1.36. The summed E-state index contributed by atoms with van der Waals surface area (Å²) in [6.45, 7) is 2.49. The minimum absolute atomic E-state index is 0.111. The molecule has 16 heavy (non-hydrogen) atoms. The summed E-state index contributed by atoms with van der Waals surface area (Å²) in [5, 5.41) is 18.2. The topological polar surface area (TPSA) is 97.1 Å². The van der Waals surface area contributed by atoms with Gasteiger partial charge in [-0.3, -0.25) is 4.79 Å². The molecule has 7 heteroatoms. The van der Waals surface area contributed by atoms with Crippen LogP contribution < -0.4 is 5.32 Å². The van der Waals surface area contributed by atoms with Gasteiger partial charge in [-0.25, -0.2) is 9.48 Å². The van der Waals surface area contributed by atoms with Crippen molar-refractivity contribution in [2.75, 3.05) is 6.54 Å². The number of carbonyl (C=O) groups excluding carboxylic acids is 1. The molecule has 7 nitrogen and oxygen atoms in total. The van der Waals surface area contributed by atoms with Crippen LogP contribution in [0, 0.1) is 0 Å². The van der Waals surface area contributed by atoms with E-state index in [1.54, 1.807) is 13.0 Å². The maximum atomic E-state index is 11.0. The van der Waals surface area contributed by atoms with Gasteiger partial charge in [0.05, 0.1) is 12.7 Å². The molecule has 0 unspecified atom stereocenters. The van der Waals surface area contributed by atoms with Crippen molar-refractivity contribution in [2.45, 2.75) is 13.5 Å². The van der Waals surface area contributed by atoms with Crippen molar-refractivity contribution in [3.63, 3.8) is 0 Å². The Hall–Kier alpha value is -2.18. The Morgan fingerprint density at radius 1 is 1.62 bits per heavy atom. The van der Waals surface area contributed by atoms with Crippen LogP contribution >= 0.6 is 0 Å². The summed E-state index contributed by atoms with van der Waals surface area (Å²) >= 11 is 0. The van der Waals surface area contributed by atoms with Gasteiger partial charge in [0.25, 0.3) is 0 Å². The third-order valence-electron chi connectivity index (χ3n) is 1.72. The molecule has 1 heterocycles. The van der Waals surface area contributed by atoms with Crippen LogP contribution in [0.1, 0.15) is 17.4 Å². The number of hydrogen-bond donors (Lipinski definition) is 2. The molecule has 1 aromatic heterocycles. The predicted molar refractivity (Wildman–Crippen MR) is 54.8 cm³/mol. The summed E-state index contributed by atoms with van der Waals surface area (Å²) in [5.74, 6) is -1.31. The first-order valence-electron chi connectivity index (χ1n) is 4.67. The van der Waals surface area contributed by atoms with Gasteiger partial charge in [0, 0.05) is 6.54 Å². The fourth-order valence-corrected chi connectivity index (χ4v) is 1.01. The Morgan fingerprint density at radius 3 is 2.94 bits per heavy atom. The summed E-state index contributed by atoms with van der Waals surface area (Å²) in [7, 11) is 0. The number of aromatic carboxylic acids is 1. The highest BCUT2D eigenvalue weighted by atomic mass is 16.4. The SMILES string of the molecule is CC=CC(=O)NCCn1cc(C(=O)O)nn1.